The zero-order valence-electron chi connectivity index (χ0n) is 7.90. The molecule has 2 rings (SSSR count). The van der Waals surface area contributed by atoms with Crippen LogP contribution in [0.25, 0.3) is 11.5 Å². The molecule has 0 aromatic carbocycles. The first kappa shape index (κ1) is 8.90. The minimum Gasteiger partial charge on any atom is -0.439 e. The van der Waals surface area contributed by atoms with Crippen LogP contribution in [0, 0.1) is 6.92 Å². The first-order chi connectivity index (χ1) is 6.81. The van der Waals surface area contributed by atoms with Crippen LogP contribution < -0.4 is 5.73 Å². The second kappa shape index (κ2) is 3.59. The highest BCUT2D eigenvalue weighted by molar-refractivity contribution is 5.51. The summed E-state index contributed by atoms with van der Waals surface area (Å²) in [5, 5.41) is 0. The molecule has 0 aliphatic heterocycles. The minimum atomic E-state index is 0.374. The zero-order chi connectivity index (χ0) is 9.97. The molecule has 2 N–H and O–H groups in total. The fraction of sp³-hybridized carbons (Fsp3) is 0.200. The largest absolute Gasteiger partial charge is 0.439 e. The highest BCUT2D eigenvalue weighted by Crippen LogP contribution is 2.20. The van der Waals surface area contributed by atoms with Crippen LogP contribution in [-0.2, 0) is 6.54 Å². The highest BCUT2D eigenvalue weighted by atomic mass is 16.4. The van der Waals surface area contributed by atoms with Gasteiger partial charge in [0, 0.05) is 12.4 Å². The van der Waals surface area contributed by atoms with E-state index in [1.807, 2.05) is 19.1 Å². The van der Waals surface area contributed by atoms with Crippen molar-refractivity contribution in [3.8, 4) is 11.5 Å². The number of aryl methyl sites for hydroxylation is 1. The molecule has 0 aliphatic carbocycles. The van der Waals surface area contributed by atoms with Gasteiger partial charge < -0.3 is 10.2 Å². The van der Waals surface area contributed by atoms with Crippen LogP contribution in [0.4, 0.5) is 0 Å². The van der Waals surface area contributed by atoms with Gasteiger partial charge in [-0.3, -0.25) is 4.98 Å². The molecule has 0 amide bonds. The van der Waals surface area contributed by atoms with Gasteiger partial charge in [-0.1, -0.05) is 0 Å². The lowest BCUT2D eigenvalue weighted by molar-refractivity contribution is 0.518. The number of hydrogen-bond acceptors (Lipinski definition) is 4. The second-order valence-electron chi connectivity index (χ2n) is 2.97. The van der Waals surface area contributed by atoms with Crippen LogP contribution in [-0.4, -0.2) is 9.97 Å². The van der Waals surface area contributed by atoms with E-state index in [9.17, 15) is 0 Å². The predicted molar refractivity (Wildman–Crippen MR) is 52.4 cm³/mol. The summed E-state index contributed by atoms with van der Waals surface area (Å²) in [4.78, 5) is 8.26. The molecule has 0 aliphatic rings. The van der Waals surface area contributed by atoms with Crippen LogP contribution in [0.2, 0.25) is 0 Å². The smallest absolute Gasteiger partial charge is 0.228 e. The Kier molecular flexibility index (Phi) is 2.28. The third kappa shape index (κ3) is 1.52. The van der Waals surface area contributed by atoms with Crippen molar-refractivity contribution in [1.82, 2.24) is 9.97 Å². The number of pyridine rings is 1. The third-order valence-corrected chi connectivity index (χ3v) is 1.99. The standard InChI is InChI=1S/C10H11N3O/c1-7-9(5-11)14-10(13-7)8-3-2-4-12-6-8/h2-4,6H,5,11H2,1H3. The van der Waals surface area contributed by atoms with E-state index in [1.54, 1.807) is 12.4 Å². The molecule has 0 radical (unpaired) electrons. The van der Waals surface area contributed by atoms with Gasteiger partial charge in [-0.25, -0.2) is 4.98 Å². The van der Waals surface area contributed by atoms with Crippen molar-refractivity contribution >= 4 is 0 Å². The van der Waals surface area contributed by atoms with E-state index < -0.39 is 0 Å². The fourth-order valence-corrected chi connectivity index (χ4v) is 1.23. The maximum atomic E-state index is 5.49. The van der Waals surface area contributed by atoms with Crippen molar-refractivity contribution in [2.45, 2.75) is 13.5 Å². The monoisotopic (exact) mass is 189 g/mol. The van der Waals surface area contributed by atoms with Gasteiger partial charge >= 0.3 is 0 Å². The molecule has 14 heavy (non-hydrogen) atoms. The zero-order valence-corrected chi connectivity index (χ0v) is 7.90. The van der Waals surface area contributed by atoms with E-state index in [0.717, 1.165) is 17.0 Å². The summed E-state index contributed by atoms with van der Waals surface area (Å²) in [6, 6.07) is 3.75. The van der Waals surface area contributed by atoms with E-state index in [2.05, 4.69) is 9.97 Å². The minimum absolute atomic E-state index is 0.374. The first-order valence-electron chi connectivity index (χ1n) is 4.38. The van der Waals surface area contributed by atoms with E-state index in [0.29, 0.717) is 12.4 Å². The van der Waals surface area contributed by atoms with E-state index in [4.69, 9.17) is 10.2 Å². The maximum absolute atomic E-state index is 5.49. The van der Waals surface area contributed by atoms with Crippen molar-refractivity contribution < 1.29 is 4.42 Å². The summed E-state index contributed by atoms with van der Waals surface area (Å²) < 4.78 is 5.47. The topological polar surface area (TPSA) is 64.9 Å². The molecule has 0 atom stereocenters. The Morgan fingerprint density at radius 1 is 1.50 bits per heavy atom. The second-order valence-corrected chi connectivity index (χ2v) is 2.97. The molecule has 2 aromatic heterocycles. The SMILES string of the molecule is Cc1nc(-c2cccnc2)oc1CN. The normalized spacial score (nSPS) is 10.4. The van der Waals surface area contributed by atoms with Crippen molar-refractivity contribution in [2.75, 3.05) is 0 Å². The van der Waals surface area contributed by atoms with E-state index in [-0.39, 0.29) is 0 Å². The summed E-state index contributed by atoms with van der Waals surface area (Å²) in [5.41, 5.74) is 7.20. The molecule has 0 saturated carbocycles. The molecule has 72 valence electrons. The summed E-state index contributed by atoms with van der Waals surface area (Å²) >= 11 is 0. The van der Waals surface area contributed by atoms with Crippen LogP contribution in [0.1, 0.15) is 11.5 Å². The Morgan fingerprint density at radius 2 is 2.36 bits per heavy atom. The van der Waals surface area contributed by atoms with Gasteiger partial charge in [0.1, 0.15) is 5.76 Å². The van der Waals surface area contributed by atoms with Crippen LogP contribution in [0.15, 0.2) is 28.9 Å². The van der Waals surface area contributed by atoms with Gasteiger partial charge in [0.15, 0.2) is 0 Å². The number of aromatic nitrogens is 2. The number of nitrogens with two attached hydrogens (primary N) is 1. The molecular weight excluding hydrogens is 178 g/mol. The fourth-order valence-electron chi connectivity index (χ4n) is 1.23. The first-order valence-corrected chi connectivity index (χ1v) is 4.38. The lowest BCUT2D eigenvalue weighted by atomic mass is 10.3. The molecule has 0 unspecified atom stereocenters. The summed E-state index contributed by atoms with van der Waals surface area (Å²) in [6.45, 7) is 2.25. The van der Waals surface area contributed by atoms with Gasteiger partial charge in [0.2, 0.25) is 5.89 Å². The number of oxazole rings is 1. The number of rotatable bonds is 2. The molecule has 2 aromatic rings. The highest BCUT2D eigenvalue weighted by Gasteiger charge is 2.09. The molecule has 4 nitrogen and oxygen atoms in total. The van der Waals surface area contributed by atoms with Crippen molar-refractivity contribution in [1.29, 1.82) is 0 Å². The molecule has 4 heteroatoms. The summed E-state index contributed by atoms with van der Waals surface area (Å²) in [6.07, 6.45) is 3.43. The molecule has 0 bridgehead atoms. The lowest BCUT2D eigenvalue weighted by Crippen LogP contribution is -1.95. The van der Waals surface area contributed by atoms with Crippen LogP contribution >= 0.6 is 0 Å². The van der Waals surface area contributed by atoms with Gasteiger partial charge in [-0.05, 0) is 19.1 Å². The Bertz CT molecular complexity index is 422. The van der Waals surface area contributed by atoms with Gasteiger partial charge in [-0.15, -0.1) is 0 Å². The molecule has 0 fully saturated rings. The predicted octanol–water partition coefficient (Wildman–Crippen LogP) is 1.50. The molecular formula is C10H11N3O. The molecule has 2 heterocycles. The Morgan fingerprint density at radius 3 is 2.93 bits per heavy atom. The average molecular weight is 189 g/mol. The van der Waals surface area contributed by atoms with Crippen LogP contribution in [0.5, 0.6) is 0 Å². The Balaban J connectivity index is 2.43. The Labute approximate surface area is 81.8 Å². The van der Waals surface area contributed by atoms with Crippen molar-refractivity contribution in [2.24, 2.45) is 5.73 Å². The van der Waals surface area contributed by atoms with Gasteiger partial charge in [-0.2, -0.15) is 0 Å². The van der Waals surface area contributed by atoms with Gasteiger partial charge in [0.05, 0.1) is 17.8 Å². The maximum Gasteiger partial charge on any atom is 0.228 e. The summed E-state index contributed by atoms with van der Waals surface area (Å²) in [7, 11) is 0. The quantitative estimate of drug-likeness (QED) is 0.777. The Hall–Kier alpha value is -1.68. The molecule has 0 spiro atoms. The third-order valence-electron chi connectivity index (χ3n) is 1.99. The molecule has 0 saturated heterocycles. The van der Waals surface area contributed by atoms with E-state index in [1.165, 1.54) is 0 Å². The number of hydrogen-bond donors (Lipinski definition) is 1. The van der Waals surface area contributed by atoms with Crippen molar-refractivity contribution in [3.63, 3.8) is 0 Å². The average Bonchev–Trinajstić information content (AvgIpc) is 2.61. The van der Waals surface area contributed by atoms with E-state index >= 15 is 0 Å². The van der Waals surface area contributed by atoms with Gasteiger partial charge in [0.25, 0.3) is 0 Å². The van der Waals surface area contributed by atoms with Crippen LogP contribution in [0.3, 0.4) is 0 Å². The lowest BCUT2D eigenvalue weighted by Gasteiger charge is -1.92. The van der Waals surface area contributed by atoms with Crippen molar-refractivity contribution in [3.05, 3.63) is 36.0 Å². The summed E-state index contributed by atoms with van der Waals surface area (Å²) in [5.74, 6) is 1.31. The number of nitrogens with zero attached hydrogens (tertiary/aromatic N) is 2.